The summed E-state index contributed by atoms with van der Waals surface area (Å²) in [7, 11) is 2.08. The molecule has 0 bridgehead atoms. The Kier molecular flexibility index (Phi) is 5.63. The minimum Gasteiger partial charge on any atom is -0.347 e. The van der Waals surface area contributed by atoms with Crippen LogP contribution >= 0.6 is 0 Å². The zero-order chi connectivity index (χ0) is 13.7. The average Bonchev–Trinajstić information content (AvgIpc) is 2.88. The van der Waals surface area contributed by atoms with Crippen molar-refractivity contribution in [3.8, 4) is 0 Å². The number of likely N-dealkylation sites (N-methyl/N-ethyl adjacent to an activating group) is 2. The van der Waals surface area contributed by atoms with Crippen LogP contribution in [0.25, 0.3) is 0 Å². The van der Waals surface area contributed by atoms with Crippen molar-refractivity contribution < 1.29 is 9.47 Å². The van der Waals surface area contributed by atoms with Crippen LogP contribution in [-0.4, -0.2) is 56.1 Å². The fraction of sp³-hybridized carbons (Fsp3) is 1.00. The van der Waals surface area contributed by atoms with Crippen LogP contribution in [0.2, 0.25) is 0 Å². The number of unbranched alkanes of at least 4 members (excludes halogenated alkanes) is 1. The third-order valence-corrected chi connectivity index (χ3v) is 4.68. The van der Waals surface area contributed by atoms with Crippen LogP contribution in [0.15, 0.2) is 0 Å². The van der Waals surface area contributed by atoms with Crippen LogP contribution in [0.5, 0.6) is 0 Å². The highest BCUT2D eigenvalue weighted by Crippen LogP contribution is 2.37. The molecule has 1 aliphatic carbocycles. The first-order chi connectivity index (χ1) is 9.24. The number of ether oxygens (including phenoxy) is 2. The Morgan fingerprint density at radius 1 is 1.26 bits per heavy atom. The first kappa shape index (κ1) is 15.2. The first-order valence-corrected chi connectivity index (χ1v) is 7.94. The molecule has 2 fully saturated rings. The molecule has 0 aromatic heterocycles. The Hall–Kier alpha value is -0.160. The molecule has 1 N–H and O–H groups in total. The Morgan fingerprint density at radius 2 is 2.00 bits per heavy atom. The molecule has 2 atom stereocenters. The van der Waals surface area contributed by atoms with Gasteiger partial charge in [-0.1, -0.05) is 20.3 Å². The van der Waals surface area contributed by atoms with Crippen molar-refractivity contribution in [1.82, 2.24) is 10.2 Å². The molecule has 1 aliphatic heterocycles. The molecule has 0 radical (unpaired) electrons. The van der Waals surface area contributed by atoms with Crippen LogP contribution < -0.4 is 5.32 Å². The summed E-state index contributed by atoms with van der Waals surface area (Å²) in [5.41, 5.74) is 0. The highest BCUT2D eigenvalue weighted by Gasteiger charge is 2.46. The van der Waals surface area contributed by atoms with E-state index in [1.54, 1.807) is 0 Å². The smallest absolute Gasteiger partial charge is 0.170 e. The van der Waals surface area contributed by atoms with E-state index in [4.69, 9.17) is 9.47 Å². The van der Waals surface area contributed by atoms with Crippen LogP contribution in [0.3, 0.4) is 0 Å². The van der Waals surface area contributed by atoms with Gasteiger partial charge in [0.25, 0.3) is 0 Å². The second kappa shape index (κ2) is 7.02. The average molecular weight is 270 g/mol. The summed E-state index contributed by atoms with van der Waals surface area (Å²) in [4.78, 5) is 2.61. The molecule has 2 unspecified atom stereocenters. The van der Waals surface area contributed by atoms with Gasteiger partial charge in [-0.05, 0) is 33.0 Å². The molecule has 0 amide bonds. The van der Waals surface area contributed by atoms with Gasteiger partial charge in [0.1, 0.15) is 0 Å². The van der Waals surface area contributed by atoms with Gasteiger partial charge >= 0.3 is 0 Å². The topological polar surface area (TPSA) is 33.7 Å². The van der Waals surface area contributed by atoms with Gasteiger partial charge in [0.15, 0.2) is 5.79 Å². The summed E-state index contributed by atoms with van der Waals surface area (Å²) in [6, 6.07) is 1.10. The lowest BCUT2D eigenvalue weighted by Gasteiger charge is -2.45. The van der Waals surface area contributed by atoms with Gasteiger partial charge in [-0.3, -0.25) is 4.90 Å². The largest absolute Gasteiger partial charge is 0.347 e. The van der Waals surface area contributed by atoms with Gasteiger partial charge in [0.2, 0.25) is 0 Å². The zero-order valence-electron chi connectivity index (χ0n) is 12.8. The van der Waals surface area contributed by atoms with E-state index in [1.807, 2.05) is 0 Å². The Balaban J connectivity index is 2.03. The third kappa shape index (κ3) is 3.48. The highest BCUT2D eigenvalue weighted by molar-refractivity contribution is 4.95. The quantitative estimate of drug-likeness (QED) is 0.800. The van der Waals surface area contributed by atoms with E-state index in [-0.39, 0.29) is 5.79 Å². The molecule has 4 nitrogen and oxygen atoms in total. The summed E-state index contributed by atoms with van der Waals surface area (Å²) in [6.07, 6.45) is 5.71. The summed E-state index contributed by atoms with van der Waals surface area (Å²) in [5.74, 6) is -0.280. The van der Waals surface area contributed by atoms with E-state index < -0.39 is 0 Å². The van der Waals surface area contributed by atoms with Crippen molar-refractivity contribution in [1.29, 1.82) is 0 Å². The summed E-state index contributed by atoms with van der Waals surface area (Å²) >= 11 is 0. The van der Waals surface area contributed by atoms with Gasteiger partial charge in [-0.25, -0.2) is 0 Å². The van der Waals surface area contributed by atoms with Crippen LogP contribution in [0, 0.1) is 0 Å². The predicted octanol–water partition coefficient (Wildman–Crippen LogP) is 1.99. The van der Waals surface area contributed by atoms with Gasteiger partial charge < -0.3 is 14.8 Å². The molecule has 0 aromatic carbocycles. The standard InChI is InChI=1S/C15H30N2O2/c1-4-6-9-17(5-2)14-12-15(18-10-11-19-15)8-7-13(14)16-3/h13-14,16H,4-12H2,1-3H3. The maximum absolute atomic E-state index is 5.93. The van der Waals surface area contributed by atoms with Crippen molar-refractivity contribution >= 4 is 0 Å². The molecular formula is C15H30N2O2. The number of rotatable bonds is 6. The van der Waals surface area contributed by atoms with E-state index in [1.165, 1.54) is 19.4 Å². The lowest BCUT2D eigenvalue weighted by atomic mass is 9.84. The molecule has 2 rings (SSSR count). The second-order valence-corrected chi connectivity index (χ2v) is 5.80. The van der Waals surface area contributed by atoms with E-state index >= 15 is 0 Å². The summed E-state index contributed by atoms with van der Waals surface area (Å²) in [6.45, 7) is 8.34. The number of hydrogen-bond acceptors (Lipinski definition) is 4. The van der Waals surface area contributed by atoms with Gasteiger partial charge in [-0.15, -0.1) is 0 Å². The monoisotopic (exact) mass is 270 g/mol. The maximum atomic E-state index is 5.93. The Morgan fingerprint density at radius 3 is 2.58 bits per heavy atom. The highest BCUT2D eigenvalue weighted by atomic mass is 16.7. The van der Waals surface area contributed by atoms with Crippen molar-refractivity contribution in [2.24, 2.45) is 0 Å². The summed E-state index contributed by atoms with van der Waals surface area (Å²) < 4.78 is 11.9. The Bertz CT molecular complexity index is 267. The SMILES string of the molecule is CCCCN(CC)C1CC2(CCC1NC)OCCO2. The molecule has 1 heterocycles. The van der Waals surface area contributed by atoms with Crippen molar-refractivity contribution in [3.63, 3.8) is 0 Å². The molecule has 2 aliphatic rings. The van der Waals surface area contributed by atoms with Crippen LogP contribution in [0.1, 0.15) is 46.0 Å². The molecule has 4 heteroatoms. The molecule has 0 aromatic rings. The molecule has 1 saturated heterocycles. The van der Waals surface area contributed by atoms with Gasteiger partial charge in [0, 0.05) is 24.9 Å². The predicted molar refractivity (Wildman–Crippen MR) is 77.3 cm³/mol. The van der Waals surface area contributed by atoms with Crippen LogP contribution in [0.4, 0.5) is 0 Å². The second-order valence-electron chi connectivity index (χ2n) is 5.80. The molecule has 1 spiro atoms. The third-order valence-electron chi connectivity index (χ3n) is 4.68. The minimum atomic E-state index is -0.280. The molecular weight excluding hydrogens is 240 g/mol. The van der Waals surface area contributed by atoms with E-state index in [2.05, 4.69) is 31.1 Å². The van der Waals surface area contributed by atoms with Crippen molar-refractivity contribution in [2.75, 3.05) is 33.4 Å². The number of nitrogens with zero attached hydrogens (tertiary/aromatic N) is 1. The van der Waals surface area contributed by atoms with Crippen LogP contribution in [-0.2, 0) is 9.47 Å². The van der Waals surface area contributed by atoms with Gasteiger partial charge in [-0.2, -0.15) is 0 Å². The Labute approximate surface area is 117 Å². The number of nitrogens with one attached hydrogen (secondary N) is 1. The van der Waals surface area contributed by atoms with Crippen molar-refractivity contribution in [2.45, 2.75) is 63.8 Å². The first-order valence-electron chi connectivity index (χ1n) is 7.94. The lowest BCUT2D eigenvalue weighted by molar-refractivity contribution is -0.193. The number of hydrogen-bond donors (Lipinski definition) is 1. The zero-order valence-corrected chi connectivity index (χ0v) is 12.8. The fourth-order valence-electron chi connectivity index (χ4n) is 3.53. The normalized spacial score (nSPS) is 30.3. The van der Waals surface area contributed by atoms with Gasteiger partial charge in [0.05, 0.1) is 13.2 Å². The lowest BCUT2D eigenvalue weighted by Crippen LogP contribution is -2.57. The van der Waals surface area contributed by atoms with E-state index in [0.717, 1.165) is 39.0 Å². The summed E-state index contributed by atoms with van der Waals surface area (Å²) in [5, 5.41) is 3.50. The van der Waals surface area contributed by atoms with E-state index in [0.29, 0.717) is 12.1 Å². The van der Waals surface area contributed by atoms with E-state index in [9.17, 15) is 0 Å². The fourth-order valence-corrected chi connectivity index (χ4v) is 3.53. The van der Waals surface area contributed by atoms with Crippen molar-refractivity contribution in [3.05, 3.63) is 0 Å². The molecule has 1 saturated carbocycles. The maximum Gasteiger partial charge on any atom is 0.170 e. The molecule has 19 heavy (non-hydrogen) atoms. The molecule has 112 valence electrons. The minimum absolute atomic E-state index is 0.280.